The molecule has 0 aliphatic heterocycles. The number of hydrogen-bond donors (Lipinski definition) is 1. The predicted molar refractivity (Wildman–Crippen MR) is 86.3 cm³/mol. The van der Waals surface area contributed by atoms with Crippen LogP contribution in [0.4, 0.5) is 4.39 Å². The number of benzene rings is 1. The molecule has 8 heteroatoms. The summed E-state index contributed by atoms with van der Waals surface area (Å²) in [5.74, 6) is -2.60. The van der Waals surface area contributed by atoms with Gasteiger partial charge in [-0.25, -0.2) is 14.0 Å². The van der Waals surface area contributed by atoms with Crippen LogP contribution < -0.4 is 10.1 Å². The molecule has 0 fully saturated rings. The Labute approximate surface area is 145 Å². The van der Waals surface area contributed by atoms with Crippen molar-refractivity contribution in [2.75, 3.05) is 20.3 Å². The van der Waals surface area contributed by atoms with Gasteiger partial charge in [-0.2, -0.15) is 0 Å². The molecule has 0 aliphatic rings. The number of nitrogens with one attached hydrogen (secondary N) is 1. The molecule has 0 unspecified atom stereocenters. The fourth-order valence-electron chi connectivity index (χ4n) is 1.95. The van der Waals surface area contributed by atoms with Crippen LogP contribution in [0.3, 0.4) is 0 Å². The first-order valence-corrected chi connectivity index (χ1v) is 7.73. The zero-order valence-corrected chi connectivity index (χ0v) is 14.4. The minimum Gasteiger partial charge on any atom is -0.479 e. The number of carbonyl (C=O) groups excluding carboxylic acids is 3. The molecule has 0 aromatic heterocycles. The Morgan fingerprint density at radius 2 is 1.84 bits per heavy atom. The highest BCUT2D eigenvalue weighted by molar-refractivity contribution is 5.86. The molecular weight excluding hydrogens is 333 g/mol. The van der Waals surface area contributed by atoms with E-state index in [0.29, 0.717) is 6.42 Å². The lowest BCUT2D eigenvalue weighted by molar-refractivity contribution is -0.152. The van der Waals surface area contributed by atoms with Gasteiger partial charge in [0.15, 0.2) is 24.8 Å². The van der Waals surface area contributed by atoms with Crippen molar-refractivity contribution in [2.24, 2.45) is 5.92 Å². The molecule has 0 saturated heterocycles. The van der Waals surface area contributed by atoms with Gasteiger partial charge >= 0.3 is 11.9 Å². The molecule has 1 aromatic rings. The number of hydrogen-bond acceptors (Lipinski definition) is 6. The number of methoxy groups -OCH3 is 1. The number of halogens is 1. The molecule has 1 N–H and O–H groups in total. The molecule has 1 rings (SSSR count). The average Bonchev–Trinajstić information content (AvgIpc) is 2.57. The quantitative estimate of drug-likeness (QED) is 0.674. The van der Waals surface area contributed by atoms with Gasteiger partial charge in [-0.1, -0.05) is 26.0 Å². The summed E-state index contributed by atoms with van der Waals surface area (Å²) < 4.78 is 27.6. The molecule has 138 valence electrons. The Kier molecular flexibility index (Phi) is 8.38. The third-order valence-corrected chi connectivity index (χ3v) is 3.07. The summed E-state index contributed by atoms with van der Waals surface area (Å²) in [6.45, 7) is 2.66. The van der Waals surface area contributed by atoms with Crippen molar-refractivity contribution in [3.8, 4) is 5.75 Å². The second-order valence-corrected chi connectivity index (χ2v) is 5.65. The van der Waals surface area contributed by atoms with Gasteiger partial charge in [-0.05, 0) is 24.5 Å². The highest BCUT2D eigenvalue weighted by Crippen LogP contribution is 2.15. The van der Waals surface area contributed by atoms with Crippen LogP contribution >= 0.6 is 0 Å². The molecular formula is C17H22FNO6. The lowest BCUT2D eigenvalue weighted by Crippen LogP contribution is -2.44. The van der Waals surface area contributed by atoms with Gasteiger partial charge in [0.25, 0.3) is 5.91 Å². The average molecular weight is 355 g/mol. The van der Waals surface area contributed by atoms with E-state index in [-0.39, 0.29) is 11.7 Å². The smallest absolute Gasteiger partial charge is 0.344 e. The fraction of sp³-hybridized carbons (Fsp3) is 0.471. The molecule has 7 nitrogen and oxygen atoms in total. The van der Waals surface area contributed by atoms with Gasteiger partial charge in [0.1, 0.15) is 6.04 Å². The number of rotatable bonds is 9. The second kappa shape index (κ2) is 10.3. The van der Waals surface area contributed by atoms with Crippen molar-refractivity contribution in [1.82, 2.24) is 5.32 Å². The maximum Gasteiger partial charge on any atom is 0.344 e. The minimum absolute atomic E-state index is 0.0911. The van der Waals surface area contributed by atoms with Gasteiger partial charge in [0.2, 0.25) is 0 Å². The molecule has 1 atom stereocenters. The van der Waals surface area contributed by atoms with Crippen LogP contribution in [-0.2, 0) is 23.9 Å². The highest BCUT2D eigenvalue weighted by Gasteiger charge is 2.23. The maximum absolute atomic E-state index is 13.3. The molecule has 0 radical (unpaired) electrons. The third kappa shape index (κ3) is 7.65. The highest BCUT2D eigenvalue weighted by atomic mass is 19.1. The lowest BCUT2D eigenvalue weighted by Gasteiger charge is -2.18. The SMILES string of the molecule is COC(=O)[C@H](CC(C)C)NC(=O)COC(=O)COc1ccccc1F. The van der Waals surface area contributed by atoms with Gasteiger partial charge in [0.05, 0.1) is 7.11 Å². The van der Waals surface area contributed by atoms with Gasteiger partial charge in [-0.15, -0.1) is 0 Å². The Morgan fingerprint density at radius 1 is 1.16 bits per heavy atom. The molecule has 0 saturated carbocycles. The monoisotopic (exact) mass is 355 g/mol. The predicted octanol–water partition coefficient (Wildman–Crippen LogP) is 1.45. The first kappa shape index (κ1) is 20.4. The van der Waals surface area contributed by atoms with Gasteiger partial charge in [-0.3, -0.25) is 4.79 Å². The van der Waals surface area contributed by atoms with Crippen molar-refractivity contribution < 1.29 is 33.0 Å². The second-order valence-electron chi connectivity index (χ2n) is 5.65. The maximum atomic E-state index is 13.3. The Morgan fingerprint density at radius 3 is 2.44 bits per heavy atom. The van der Waals surface area contributed by atoms with Gasteiger partial charge in [0, 0.05) is 0 Å². The van der Waals surface area contributed by atoms with E-state index in [9.17, 15) is 18.8 Å². The van der Waals surface area contributed by atoms with Crippen molar-refractivity contribution in [1.29, 1.82) is 0 Å². The van der Waals surface area contributed by atoms with Crippen LogP contribution in [0.25, 0.3) is 0 Å². The Hall–Kier alpha value is -2.64. The van der Waals surface area contributed by atoms with E-state index < -0.39 is 42.9 Å². The number of ether oxygens (including phenoxy) is 3. The van der Waals surface area contributed by atoms with Crippen molar-refractivity contribution in [3.63, 3.8) is 0 Å². The number of esters is 2. The van der Waals surface area contributed by atoms with Crippen LogP contribution in [0.15, 0.2) is 24.3 Å². The van der Waals surface area contributed by atoms with Gasteiger partial charge < -0.3 is 19.5 Å². The molecule has 0 spiro atoms. The van der Waals surface area contributed by atoms with Crippen LogP contribution in [0, 0.1) is 11.7 Å². The number of para-hydroxylation sites is 1. The molecule has 25 heavy (non-hydrogen) atoms. The number of carbonyl (C=O) groups is 3. The first-order valence-electron chi connectivity index (χ1n) is 7.73. The van der Waals surface area contributed by atoms with E-state index in [4.69, 9.17) is 9.47 Å². The largest absolute Gasteiger partial charge is 0.479 e. The summed E-state index contributed by atoms with van der Waals surface area (Å²) in [5, 5.41) is 2.45. The first-order chi connectivity index (χ1) is 11.8. The van der Waals surface area contributed by atoms with Crippen LogP contribution in [0.1, 0.15) is 20.3 Å². The third-order valence-electron chi connectivity index (χ3n) is 3.07. The Balaban J connectivity index is 2.40. The van der Waals surface area contributed by atoms with E-state index in [0.717, 1.165) is 0 Å². The molecule has 0 heterocycles. The van der Waals surface area contributed by atoms with Crippen molar-refractivity contribution >= 4 is 17.8 Å². The normalized spacial score (nSPS) is 11.6. The zero-order valence-electron chi connectivity index (χ0n) is 14.4. The van der Waals surface area contributed by atoms with E-state index in [1.54, 1.807) is 6.07 Å². The summed E-state index contributed by atoms with van der Waals surface area (Å²) >= 11 is 0. The Bertz CT molecular complexity index is 605. The number of amides is 1. The van der Waals surface area contributed by atoms with Crippen molar-refractivity contribution in [3.05, 3.63) is 30.1 Å². The fourth-order valence-corrected chi connectivity index (χ4v) is 1.95. The van der Waals surface area contributed by atoms with E-state index >= 15 is 0 Å². The molecule has 1 aromatic carbocycles. The summed E-state index contributed by atoms with van der Waals surface area (Å²) in [6, 6.07) is 4.78. The van der Waals surface area contributed by atoms with Crippen molar-refractivity contribution in [2.45, 2.75) is 26.3 Å². The van der Waals surface area contributed by atoms with Crippen LogP contribution in [0.5, 0.6) is 5.75 Å². The molecule has 0 bridgehead atoms. The molecule has 1 amide bonds. The van der Waals surface area contributed by atoms with E-state index in [1.807, 2.05) is 13.8 Å². The standard InChI is InChI=1S/C17H22FNO6/c1-11(2)8-13(17(22)23-3)19-15(20)9-25-16(21)10-24-14-7-5-4-6-12(14)18/h4-7,11,13H,8-10H2,1-3H3,(H,19,20)/t13-/m0/s1. The lowest BCUT2D eigenvalue weighted by atomic mass is 10.0. The minimum atomic E-state index is -0.836. The van der Waals surface area contributed by atoms with E-state index in [1.165, 1.54) is 25.3 Å². The topological polar surface area (TPSA) is 90.9 Å². The zero-order chi connectivity index (χ0) is 18.8. The van der Waals surface area contributed by atoms with E-state index in [2.05, 4.69) is 10.1 Å². The van der Waals surface area contributed by atoms with Crippen LogP contribution in [-0.4, -0.2) is 44.2 Å². The summed E-state index contributed by atoms with van der Waals surface area (Å²) in [5.41, 5.74) is 0. The summed E-state index contributed by atoms with van der Waals surface area (Å²) in [6.07, 6.45) is 0.392. The summed E-state index contributed by atoms with van der Waals surface area (Å²) in [4.78, 5) is 34.9. The summed E-state index contributed by atoms with van der Waals surface area (Å²) in [7, 11) is 1.22. The van der Waals surface area contributed by atoms with Crippen LogP contribution in [0.2, 0.25) is 0 Å². The molecule has 0 aliphatic carbocycles.